The van der Waals surface area contributed by atoms with Crippen LogP contribution in [0.15, 0.2) is 22.2 Å². The molecule has 0 saturated heterocycles. The first kappa shape index (κ1) is 13.5. The second kappa shape index (κ2) is 6.27. The monoisotopic (exact) mass is 304 g/mol. The number of rotatable bonds is 2. The fourth-order valence-electron chi connectivity index (χ4n) is 1.43. The summed E-state index contributed by atoms with van der Waals surface area (Å²) in [5.41, 5.74) is 3.37. The molecule has 1 aromatic carbocycles. The molecule has 0 fully saturated rings. The van der Waals surface area contributed by atoms with Crippen molar-refractivity contribution in [3.05, 3.63) is 32.8 Å². The van der Waals surface area contributed by atoms with Crippen LogP contribution >= 0.6 is 34.8 Å². The molecule has 96 valence electrons. The van der Waals surface area contributed by atoms with E-state index in [0.717, 1.165) is 19.5 Å². The van der Waals surface area contributed by atoms with E-state index >= 15 is 0 Å². The summed E-state index contributed by atoms with van der Waals surface area (Å²) in [6.07, 6.45) is 2.55. The standard InChI is InChI=1S/C11H11Cl3N4/c12-8-2-3-9(13)10(14)7(8)6-17-18-11-15-4-1-5-16-11/h2-3,6H,1,4-5H2,(H2,15,16,18)/b17-6+. The van der Waals surface area contributed by atoms with Crippen LogP contribution in [0.3, 0.4) is 0 Å². The first-order valence-electron chi connectivity index (χ1n) is 5.39. The van der Waals surface area contributed by atoms with Gasteiger partial charge in [0.15, 0.2) is 0 Å². The lowest BCUT2D eigenvalue weighted by Gasteiger charge is -2.12. The SMILES string of the molecule is Clc1ccc(Cl)c(/C=N/NC2=NCCCN2)c1Cl. The van der Waals surface area contributed by atoms with Gasteiger partial charge in [0.25, 0.3) is 0 Å². The molecule has 1 aliphatic heterocycles. The second-order valence-electron chi connectivity index (χ2n) is 3.64. The zero-order chi connectivity index (χ0) is 13.0. The average Bonchev–Trinajstić information content (AvgIpc) is 2.39. The van der Waals surface area contributed by atoms with E-state index in [1.165, 1.54) is 6.21 Å². The Kier molecular flexibility index (Phi) is 4.69. The number of guanidine groups is 1. The van der Waals surface area contributed by atoms with Gasteiger partial charge in [-0.15, -0.1) is 0 Å². The van der Waals surface area contributed by atoms with Gasteiger partial charge in [0.05, 0.1) is 21.3 Å². The first-order chi connectivity index (χ1) is 8.68. The summed E-state index contributed by atoms with van der Waals surface area (Å²) in [7, 11) is 0. The summed E-state index contributed by atoms with van der Waals surface area (Å²) in [6.45, 7) is 1.68. The Labute approximate surface area is 120 Å². The Balaban J connectivity index is 2.09. The molecule has 1 aliphatic rings. The third kappa shape index (κ3) is 3.28. The fraction of sp³-hybridized carbons (Fsp3) is 0.273. The molecule has 1 aromatic rings. The van der Waals surface area contributed by atoms with Gasteiger partial charge in [-0.2, -0.15) is 5.10 Å². The highest BCUT2D eigenvalue weighted by Gasteiger charge is 2.07. The number of aliphatic imine (C=N–C) groups is 1. The molecule has 0 saturated carbocycles. The molecule has 0 aromatic heterocycles. The Morgan fingerprint density at radius 3 is 2.78 bits per heavy atom. The number of hydrazone groups is 1. The molecule has 4 nitrogen and oxygen atoms in total. The molecule has 7 heteroatoms. The van der Waals surface area contributed by atoms with E-state index in [-0.39, 0.29) is 0 Å². The van der Waals surface area contributed by atoms with Crippen LogP contribution in [-0.4, -0.2) is 25.3 Å². The van der Waals surface area contributed by atoms with Crippen molar-refractivity contribution in [1.82, 2.24) is 10.7 Å². The maximum Gasteiger partial charge on any atom is 0.212 e. The summed E-state index contributed by atoms with van der Waals surface area (Å²) in [5.74, 6) is 0.645. The first-order valence-corrected chi connectivity index (χ1v) is 6.53. The van der Waals surface area contributed by atoms with Crippen molar-refractivity contribution in [2.24, 2.45) is 10.1 Å². The van der Waals surface area contributed by atoms with Crippen LogP contribution in [-0.2, 0) is 0 Å². The van der Waals surface area contributed by atoms with E-state index in [2.05, 4.69) is 20.8 Å². The highest BCUT2D eigenvalue weighted by atomic mass is 35.5. The van der Waals surface area contributed by atoms with E-state index in [4.69, 9.17) is 34.8 Å². The molecule has 0 spiro atoms. The lowest BCUT2D eigenvalue weighted by molar-refractivity contribution is 0.712. The summed E-state index contributed by atoms with van der Waals surface area (Å²) in [4.78, 5) is 4.21. The smallest absolute Gasteiger partial charge is 0.212 e. The van der Waals surface area contributed by atoms with E-state index < -0.39 is 0 Å². The van der Waals surface area contributed by atoms with Crippen LogP contribution in [0, 0.1) is 0 Å². The zero-order valence-electron chi connectivity index (χ0n) is 9.38. The average molecular weight is 306 g/mol. The Morgan fingerprint density at radius 2 is 2.06 bits per heavy atom. The largest absolute Gasteiger partial charge is 0.355 e. The Bertz CT molecular complexity index is 499. The predicted octanol–water partition coefficient (Wildman–Crippen LogP) is 2.92. The van der Waals surface area contributed by atoms with Crippen molar-refractivity contribution in [1.29, 1.82) is 0 Å². The van der Waals surface area contributed by atoms with Crippen LogP contribution in [0.2, 0.25) is 15.1 Å². The molecule has 0 amide bonds. The van der Waals surface area contributed by atoms with Gasteiger partial charge in [0.1, 0.15) is 0 Å². The summed E-state index contributed by atoms with van der Waals surface area (Å²) < 4.78 is 0. The molecule has 2 rings (SSSR count). The third-order valence-corrected chi connectivity index (χ3v) is 3.49. The van der Waals surface area contributed by atoms with Crippen LogP contribution < -0.4 is 10.7 Å². The molecular formula is C11H11Cl3N4. The summed E-state index contributed by atoms with van der Waals surface area (Å²) in [5, 5.41) is 8.43. The molecule has 18 heavy (non-hydrogen) atoms. The minimum Gasteiger partial charge on any atom is -0.355 e. The van der Waals surface area contributed by atoms with Crippen molar-refractivity contribution >= 4 is 47.0 Å². The van der Waals surface area contributed by atoms with Crippen LogP contribution in [0.1, 0.15) is 12.0 Å². The van der Waals surface area contributed by atoms with Gasteiger partial charge < -0.3 is 5.32 Å². The van der Waals surface area contributed by atoms with E-state index in [0.29, 0.717) is 26.6 Å². The van der Waals surface area contributed by atoms with Gasteiger partial charge in [-0.1, -0.05) is 34.8 Å². The van der Waals surface area contributed by atoms with Gasteiger partial charge in [-0.3, -0.25) is 4.99 Å². The predicted molar refractivity (Wildman–Crippen MR) is 77.1 cm³/mol. The molecule has 0 bridgehead atoms. The summed E-state index contributed by atoms with van der Waals surface area (Å²) in [6, 6.07) is 3.32. The van der Waals surface area contributed by atoms with E-state index in [9.17, 15) is 0 Å². The number of hydrogen-bond donors (Lipinski definition) is 2. The Morgan fingerprint density at radius 1 is 1.28 bits per heavy atom. The lowest BCUT2D eigenvalue weighted by Crippen LogP contribution is -2.38. The molecule has 0 radical (unpaired) electrons. The van der Waals surface area contributed by atoms with E-state index in [1.807, 2.05) is 0 Å². The molecule has 0 atom stereocenters. The van der Waals surface area contributed by atoms with Gasteiger partial charge in [-0.05, 0) is 18.6 Å². The topological polar surface area (TPSA) is 48.8 Å². The number of benzene rings is 1. The number of nitrogens with zero attached hydrogens (tertiary/aromatic N) is 2. The van der Waals surface area contributed by atoms with Crippen molar-refractivity contribution < 1.29 is 0 Å². The minimum atomic E-state index is 0.383. The normalized spacial score (nSPS) is 15.4. The van der Waals surface area contributed by atoms with Gasteiger partial charge in [0, 0.05) is 18.7 Å². The quantitative estimate of drug-likeness (QED) is 0.501. The van der Waals surface area contributed by atoms with E-state index in [1.54, 1.807) is 12.1 Å². The highest BCUT2D eigenvalue weighted by Crippen LogP contribution is 2.29. The number of halogens is 3. The zero-order valence-corrected chi connectivity index (χ0v) is 11.6. The van der Waals surface area contributed by atoms with Crippen LogP contribution in [0.5, 0.6) is 0 Å². The maximum absolute atomic E-state index is 6.04. The fourth-order valence-corrected chi connectivity index (χ4v) is 2.06. The minimum absolute atomic E-state index is 0.383. The van der Waals surface area contributed by atoms with Crippen molar-refractivity contribution in [2.45, 2.75) is 6.42 Å². The number of nitrogens with one attached hydrogen (secondary N) is 2. The number of hydrogen-bond acceptors (Lipinski definition) is 4. The molecule has 1 heterocycles. The van der Waals surface area contributed by atoms with Gasteiger partial charge in [-0.25, -0.2) is 5.43 Å². The molecule has 0 unspecified atom stereocenters. The molecule has 2 N–H and O–H groups in total. The van der Waals surface area contributed by atoms with Crippen molar-refractivity contribution in [3.8, 4) is 0 Å². The van der Waals surface area contributed by atoms with Gasteiger partial charge >= 0.3 is 0 Å². The van der Waals surface area contributed by atoms with Gasteiger partial charge in [0.2, 0.25) is 5.96 Å². The van der Waals surface area contributed by atoms with Crippen molar-refractivity contribution in [3.63, 3.8) is 0 Å². The highest BCUT2D eigenvalue weighted by molar-refractivity contribution is 6.45. The van der Waals surface area contributed by atoms with Crippen LogP contribution in [0.25, 0.3) is 0 Å². The lowest BCUT2D eigenvalue weighted by atomic mass is 10.2. The maximum atomic E-state index is 6.04. The molecular weight excluding hydrogens is 295 g/mol. The third-order valence-electron chi connectivity index (χ3n) is 2.34. The molecule has 0 aliphatic carbocycles. The Hall–Kier alpha value is -0.970. The second-order valence-corrected chi connectivity index (χ2v) is 4.83. The van der Waals surface area contributed by atoms with Crippen molar-refractivity contribution in [2.75, 3.05) is 13.1 Å². The van der Waals surface area contributed by atoms with Crippen LogP contribution in [0.4, 0.5) is 0 Å². The summed E-state index contributed by atoms with van der Waals surface area (Å²) >= 11 is 18.0.